The number of para-hydroxylation sites is 1. The van der Waals surface area contributed by atoms with Crippen LogP contribution < -0.4 is 10.2 Å². The third-order valence-electron chi connectivity index (χ3n) is 4.65. The van der Waals surface area contributed by atoms with Gasteiger partial charge >= 0.3 is 6.18 Å². The van der Waals surface area contributed by atoms with Crippen LogP contribution in [-0.2, 0) is 15.8 Å². The Balaban J connectivity index is 1.80. The van der Waals surface area contributed by atoms with Crippen molar-refractivity contribution in [3.8, 4) is 0 Å². The van der Waals surface area contributed by atoms with Crippen LogP contribution in [0.15, 0.2) is 88.3 Å². The Hall–Kier alpha value is -3.30. The molecule has 3 aromatic rings. The van der Waals surface area contributed by atoms with Gasteiger partial charge in [0, 0.05) is 4.90 Å². The Kier molecular flexibility index (Phi) is 6.18. The summed E-state index contributed by atoms with van der Waals surface area (Å²) >= 11 is 7.01. The maximum absolute atomic E-state index is 14.2. The number of halogens is 5. The molecule has 10 heteroatoms. The smallest absolute Gasteiger partial charge is 0.348 e. The van der Waals surface area contributed by atoms with Crippen molar-refractivity contribution in [1.29, 1.82) is 0 Å². The molecule has 0 radical (unpaired) electrons. The van der Waals surface area contributed by atoms with Crippen LogP contribution in [0, 0.1) is 5.82 Å². The number of anilines is 2. The van der Waals surface area contributed by atoms with E-state index in [0.29, 0.717) is 15.9 Å². The van der Waals surface area contributed by atoms with Gasteiger partial charge in [-0.1, -0.05) is 53.7 Å². The van der Waals surface area contributed by atoms with Gasteiger partial charge in [0.25, 0.3) is 11.8 Å². The molecule has 1 heterocycles. The number of carbonyl (C=O) groups is 2. The molecule has 2 amide bonds. The van der Waals surface area contributed by atoms with E-state index in [-0.39, 0.29) is 21.3 Å². The first-order valence-corrected chi connectivity index (χ1v) is 10.6. The number of rotatable bonds is 5. The van der Waals surface area contributed by atoms with Gasteiger partial charge in [-0.2, -0.15) is 13.2 Å². The fourth-order valence-corrected chi connectivity index (χ4v) is 4.25. The van der Waals surface area contributed by atoms with E-state index in [1.165, 1.54) is 18.2 Å². The van der Waals surface area contributed by atoms with Crippen LogP contribution >= 0.6 is 23.4 Å². The van der Waals surface area contributed by atoms with Crippen molar-refractivity contribution >= 4 is 46.6 Å². The summed E-state index contributed by atoms with van der Waals surface area (Å²) in [6.07, 6.45) is -4.71. The van der Waals surface area contributed by atoms with Crippen LogP contribution in [-0.4, -0.2) is 11.8 Å². The molecule has 1 aliphatic heterocycles. The minimum atomic E-state index is -4.71. The van der Waals surface area contributed by atoms with Crippen LogP contribution in [0.1, 0.15) is 5.56 Å². The number of benzene rings is 3. The summed E-state index contributed by atoms with van der Waals surface area (Å²) < 4.78 is 54.0. The van der Waals surface area contributed by atoms with E-state index in [2.05, 4.69) is 5.32 Å². The number of hydrogen-bond donors (Lipinski definition) is 1. The second kappa shape index (κ2) is 8.92. The molecular formula is C23H13ClF4N2O2S. The summed E-state index contributed by atoms with van der Waals surface area (Å²) in [7, 11) is 0. The van der Waals surface area contributed by atoms with Gasteiger partial charge < -0.3 is 5.32 Å². The molecule has 0 saturated heterocycles. The predicted octanol–water partition coefficient (Wildman–Crippen LogP) is 6.49. The molecule has 0 fully saturated rings. The summed E-state index contributed by atoms with van der Waals surface area (Å²) in [5.74, 6) is -2.51. The molecule has 33 heavy (non-hydrogen) atoms. The first-order chi connectivity index (χ1) is 15.7. The van der Waals surface area contributed by atoms with Crippen molar-refractivity contribution in [1.82, 2.24) is 0 Å². The Bertz CT molecular complexity index is 1280. The molecule has 4 rings (SSSR count). The summed E-state index contributed by atoms with van der Waals surface area (Å²) in [6.45, 7) is 0. The number of nitrogens with one attached hydrogen (secondary N) is 1. The van der Waals surface area contributed by atoms with E-state index in [1.807, 2.05) is 0 Å². The van der Waals surface area contributed by atoms with Crippen molar-refractivity contribution in [2.45, 2.75) is 11.1 Å². The molecule has 0 atom stereocenters. The Morgan fingerprint density at radius 1 is 0.879 bits per heavy atom. The monoisotopic (exact) mass is 492 g/mol. The molecule has 0 bridgehead atoms. The van der Waals surface area contributed by atoms with E-state index < -0.39 is 35.1 Å². The molecule has 0 unspecified atom stereocenters. The van der Waals surface area contributed by atoms with Gasteiger partial charge in [-0.25, -0.2) is 9.29 Å². The van der Waals surface area contributed by atoms with Crippen LogP contribution in [0.3, 0.4) is 0 Å². The lowest BCUT2D eigenvalue weighted by molar-refractivity contribution is -0.137. The highest BCUT2D eigenvalue weighted by Gasteiger charge is 2.42. The van der Waals surface area contributed by atoms with E-state index >= 15 is 0 Å². The number of carbonyl (C=O) groups excluding carboxylic acids is 2. The number of nitrogens with zero attached hydrogens (tertiary/aromatic N) is 1. The second-order valence-corrected chi connectivity index (χ2v) is 8.32. The summed E-state index contributed by atoms with van der Waals surface area (Å²) in [6, 6.07) is 16.4. The molecular weight excluding hydrogens is 480 g/mol. The average molecular weight is 493 g/mol. The fraction of sp³-hybridized carbons (Fsp3) is 0.0435. The topological polar surface area (TPSA) is 49.4 Å². The number of hydrogen-bond acceptors (Lipinski definition) is 4. The molecule has 0 spiro atoms. The Labute approximate surface area is 194 Å². The molecule has 4 nitrogen and oxygen atoms in total. The van der Waals surface area contributed by atoms with E-state index in [0.717, 1.165) is 30.0 Å². The van der Waals surface area contributed by atoms with Gasteiger partial charge in [-0.3, -0.25) is 9.59 Å². The molecule has 0 aromatic heterocycles. The highest BCUT2D eigenvalue weighted by molar-refractivity contribution is 8.04. The Morgan fingerprint density at radius 3 is 2.21 bits per heavy atom. The Morgan fingerprint density at radius 2 is 1.55 bits per heavy atom. The third-order valence-corrected chi connectivity index (χ3v) is 6.06. The highest BCUT2D eigenvalue weighted by Crippen LogP contribution is 2.42. The van der Waals surface area contributed by atoms with Gasteiger partial charge in [0.05, 0.1) is 22.0 Å². The summed E-state index contributed by atoms with van der Waals surface area (Å²) in [5.41, 5.74) is -1.84. The number of thioether (sulfide) groups is 1. The molecule has 0 aliphatic carbocycles. The molecule has 168 valence electrons. The lowest BCUT2D eigenvalue weighted by Gasteiger charge is -2.18. The summed E-state index contributed by atoms with van der Waals surface area (Å²) in [5, 5.41) is 2.41. The zero-order valence-corrected chi connectivity index (χ0v) is 18.1. The van der Waals surface area contributed by atoms with Crippen LogP contribution in [0.25, 0.3) is 0 Å². The van der Waals surface area contributed by atoms with Crippen molar-refractivity contribution in [3.05, 3.63) is 99.8 Å². The highest BCUT2D eigenvalue weighted by atomic mass is 35.5. The average Bonchev–Trinajstić information content (AvgIpc) is 2.99. The van der Waals surface area contributed by atoms with Crippen molar-refractivity contribution in [2.75, 3.05) is 10.2 Å². The van der Waals surface area contributed by atoms with E-state index in [9.17, 15) is 27.2 Å². The first kappa shape index (κ1) is 22.9. The van der Waals surface area contributed by atoms with Gasteiger partial charge in [-0.15, -0.1) is 0 Å². The van der Waals surface area contributed by atoms with Gasteiger partial charge in [0.15, 0.2) is 0 Å². The number of amides is 2. The largest absolute Gasteiger partial charge is 0.416 e. The van der Waals surface area contributed by atoms with Crippen molar-refractivity contribution in [2.24, 2.45) is 0 Å². The van der Waals surface area contributed by atoms with Gasteiger partial charge in [0.1, 0.15) is 16.4 Å². The van der Waals surface area contributed by atoms with E-state index in [4.69, 9.17) is 11.6 Å². The van der Waals surface area contributed by atoms with E-state index in [1.54, 1.807) is 30.3 Å². The van der Waals surface area contributed by atoms with Crippen LogP contribution in [0.4, 0.5) is 28.9 Å². The second-order valence-electron chi connectivity index (χ2n) is 6.83. The zero-order chi connectivity index (χ0) is 23.8. The lowest BCUT2D eigenvalue weighted by atomic mass is 10.2. The molecule has 1 aliphatic rings. The normalized spacial score (nSPS) is 14.3. The zero-order valence-electron chi connectivity index (χ0n) is 16.5. The van der Waals surface area contributed by atoms with Crippen LogP contribution in [0.2, 0.25) is 5.02 Å². The maximum atomic E-state index is 14.2. The molecule has 3 aromatic carbocycles. The predicted molar refractivity (Wildman–Crippen MR) is 118 cm³/mol. The first-order valence-electron chi connectivity index (χ1n) is 9.41. The lowest BCUT2D eigenvalue weighted by Crippen LogP contribution is -2.33. The minimum absolute atomic E-state index is 0.0724. The third kappa shape index (κ3) is 4.60. The minimum Gasteiger partial charge on any atom is -0.348 e. The van der Waals surface area contributed by atoms with Crippen LogP contribution in [0.5, 0.6) is 0 Å². The van der Waals surface area contributed by atoms with Gasteiger partial charge in [-0.05, 0) is 42.5 Å². The summed E-state index contributed by atoms with van der Waals surface area (Å²) in [4.78, 5) is 27.6. The standard InChI is InChI=1S/C23H13ClF4N2O2S/c24-15-11-10-13(23(26,27)28)12-18(15)30-21(31)19(29-17-9-5-4-8-16(17)25)20(22(30)32)33-14-6-2-1-3-7-14/h1-12,29H. The molecule has 1 N–H and O–H groups in total. The SMILES string of the molecule is O=C1C(Nc2ccccc2F)=C(Sc2ccccc2)C(=O)N1c1cc(C(F)(F)F)ccc1Cl. The van der Waals surface area contributed by atoms with Crippen molar-refractivity contribution < 1.29 is 27.2 Å². The number of alkyl halides is 3. The van der Waals surface area contributed by atoms with Crippen molar-refractivity contribution in [3.63, 3.8) is 0 Å². The van der Waals surface area contributed by atoms with Gasteiger partial charge in [0.2, 0.25) is 0 Å². The molecule has 0 saturated carbocycles. The number of imide groups is 1. The quantitative estimate of drug-likeness (QED) is 0.327. The maximum Gasteiger partial charge on any atom is 0.416 e. The fourth-order valence-electron chi connectivity index (χ4n) is 3.10.